The number of H-pyrrole nitrogens is 1. The van der Waals surface area contributed by atoms with E-state index < -0.39 is 11.5 Å². The van der Waals surface area contributed by atoms with E-state index in [-0.39, 0.29) is 10.6 Å². The predicted molar refractivity (Wildman–Crippen MR) is 171 cm³/mol. The zero-order valence-corrected chi connectivity index (χ0v) is 24.8. The molecule has 1 saturated carbocycles. The summed E-state index contributed by atoms with van der Waals surface area (Å²) in [5, 5.41) is 4.14. The summed E-state index contributed by atoms with van der Waals surface area (Å²) in [7, 11) is 0. The van der Waals surface area contributed by atoms with Crippen molar-refractivity contribution in [3.05, 3.63) is 94.3 Å². The van der Waals surface area contributed by atoms with Crippen LogP contribution in [0.1, 0.15) is 50.2 Å². The molecule has 1 aliphatic rings. The average Bonchev–Trinajstić information content (AvgIpc) is 3.56. The van der Waals surface area contributed by atoms with Gasteiger partial charge in [0, 0.05) is 35.8 Å². The molecule has 0 bridgehead atoms. The van der Waals surface area contributed by atoms with Gasteiger partial charge in [0.1, 0.15) is 5.65 Å². The maximum absolute atomic E-state index is 15.1. The summed E-state index contributed by atoms with van der Waals surface area (Å²) in [6, 6.07) is 13.0. The van der Waals surface area contributed by atoms with Gasteiger partial charge in [0.05, 0.1) is 22.2 Å². The maximum atomic E-state index is 15.1. The lowest BCUT2D eigenvalue weighted by Crippen LogP contribution is -2.21. The van der Waals surface area contributed by atoms with Gasteiger partial charge in [-0.15, -0.1) is 13.2 Å². The van der Waals surface area contributed by atoms with E-state index in [9.17, 15) is 4.79 Å². The Labute approximate surface area is 250 Å². The molecule has 0 spiro atoms. The Kier molecular flexibility index (Phi) is 10.3. The summed E-state index contributed by atoms with van der Waals surface area (Å²) in [6.07, 6.45) is 7.40. The summed E-state index contributed by atoms with van der Waals surface area (Å²) in [5.74, 6) is 0.0939. The summed E-state index contributed by atoms with van der Waals surface area (Å²) in [5.41, 5.74) is 15.3. The molecule has 4 aromatic rings. The summed E-state index contributed by atoms with van der Waals surface area (Å²) < 4.78 is 16.6. The first-order valence-electron chi connectivity index (χ1n) is 14.2. The minimum atomic E-state index is -0.504. The van der Waals surface area contributed by atoms with Crippen molar-refractivity contribution in [1.82, 2.24) is 19.9 Å². The van der Waals surface area contributed by atoms with E-state index in [4.69, 9.17) is 23.1 Å². The van der Waals surface area contributed by atoms with E-state index in [1.807, 2.05) is 30.3 Å². The van der Waals surface area contributed by atoms with E-state index >= 15 is 4.39 Å². The second-order valence-corrected chi connectivity index (χ2v) is 11.2. The molecule has 1 aliphatic carbocycles. The van der Waals surface area contributed by atoms with Crippen molar-refractivity contribution in [1.29, 1.82) is 0 Å². The minimum Gasteiger partial charge on any atom is -0.388 e. The van der Waals surface area contributed by atoms with Gasteiger partial charge in [-0.05, 0) is 93.5 Å². The molecule has 222 valence electrons. The molecule has 10 heteroatoms. The fraction of sp³-hybridized carbons (Fsp3) is 0.344. The quantitative estimate of drug-likeness (QED) is 0.0733. The molecule has 1 fully saturated rings. The number of nitrogens with zero attached hydrogens (tertiary/aromatic N) is 3. The van der Waals surface area contributed by atoms with Crippen molar-refractivity contribution >= 4 is 28.5 Å². The number of rotatable bonds is 12. The van der Waals surface area contributed by atoms with Gasteiger partial charge in [-0.2, -0.15) is 4.98 Å². The Morgan fingerprint density at radius 2 is 1.93 bits per heavy atom. The van der Waals surface area contributed by atoms with Crippen molar-refractivity contribution in [2.24, 2.45) is 16.5 Å². The standard InChI is InChI=1S/C30H35ClFN7O.C2H4/c1-19(33)36-13-3-12-35-17-20-5-7-23(8-6-20)39-18-22-16-26(37-28(22)38-29(39)40)24-14-21(15-25(31)27(24)32)4-2-9-30(34)10-11-30;1-2/h5-8,14-16,18,35H,2-4,9-13,17,34H2,1H3,(H2,33,36)(H,37,38,40);1-2H2. The predicted octanol–water partition coefficient (Wildman–Crippen LogP) is 5.65. The number of aliphatic imine (C=N–C) groups is 1. The highest BCUT2D eigenvalue weighted by Gasteiger charge is 2.37. The maximum Gasteiger partial charge on any atom is 0.354 e. The lowest BCUT2D eigenvalue weighted by atomic mass is 10.0. The number of aryl methyl sites for hydroxylation is 1. The van der Waals surface area contributed by atoms with E-state index in [0.29, 0.717) is 46.9 Å². The third-order valence-corrected chi connectivity index (χ3v) is 7.61. The van der Waals surface area contributed by atoms with Crippen molar-refractivity contribution in [3.8, 4) is 16.9 Å². The number of nitrogens with two attached hydrogens (primary N) is 2. The van der Waals surface area contributed by atoms with Gasteiger partial charge >= 0.3 is 5.69 Å². The van der Waals surface area contributed by atoms with Gasteiger partial charge in [0.25, 0.3) is 0 Å². The monoisotopic (exact) mass is 591 g/mol. The highest BCUT2D eigenvalue weighted by Crippen LogP contribution is 2.37. The molecule has 0 aliphatic heterocycles. The topological polar surface area (TPSA) is 127 Å². The highest BCUT2D eigenvalue weighted by molar-refractivity contribution is 6.31. The Morgan fingerprint density at radius 1 is 1.19 bits per heavy atom. The van der Waals surface area contributed by atoms with Crippen molar-refractivity contribution in [2.45, 2.75) is 57.5 Å². The summed E-state index contributed by atoms with van der Waals surface area (Å²) in [4.78, 5) is 24.4. The molecule has 42 heavy (non-hydrogen) atoms. The smallest absolute Gasteiger partial charge is 0.354 e. The van der Waals surface area contributed by atoms with Crippen LogP contribution in [0.5, 0.6) is 0 Å². The minimum absolute atomic E-state index is 0.0161. The van der Waals surface area contributed by atoms with Crippen LogP contribution in [0.2, 0.25) is 5.02 Å². The van der Waals surface area contributed by atoms with Crippen LogP contribution >= 0.6 is 11.6 Å². The van der Waals surface area contributed by atoms with Gasteiger partial charge in [0.15, 0.2) is 5.82 Å². The van der Waals surface area contributed by atoms with Gasteiger partial charge in [-0.3, -0.25) is 9.56 Å². The van der Waals surface area contributed by atoms with Crippen LogP contribution in [0, 0.1) is 5.82 Å². The van der Waals surface area contributed by atoms with Crippen LogP contribution in [0.4, 0.5) is 4.39 Å². The Hall–Kier alpha value is -3.79. The number of fused-ring (bicyclic) bond motifs is 1. The van der Waals surface area contributed by atoms with Crippen molar-refractivity contribution in [3.63, 3.8) is 0 Å². The lowest BCUT2D eigenvalue weighted by molar-refractivity contribution is 0.575. The van der Waals surface area contributed by atoms with Crippen LogP contribution in [0.3, 0.4) is 0 Å². The van der Waals surface area contributed by atoms with E-state index in [1.165, 1.54) is 4.57 Å². The first kappa shape index (κ1) is 31.2. The highest BCUT2D eigenvalue weighted by atomic mass is 35.5. The first-order chi connectivity index (χ1) is 20.2. The van der Waals surface area contributed by atoms with E-state index in [2.05, 4.69) is 33.4 Å². The third kappa shape index (κ3) is 7.94. The molecule has 2 aromatic carbocycles. The second-order valence-electron chi connectivity index (χ2n) is 10.8. The summed E-state index contributed by atoms with van der Waals surface area (Å²) in [6.45, 7) is 10.0. The number of aromatic nitrogens is 3. The lowest BCUT2D eigenvalue weighted by Gasteiger charge is -2.10. The average molecular weight is 592 g/mol. The molecule has 0 amide bonds. The molecule has 0 saturated heterocycles. The van der Waals surface area contributed by atoms with Crippen LogP contribution in [0.25, 0.3) is 28.0 Å². The molecular weight excluding hydrogens is 553 g/mol. The normalized spacial score (nSPS) is 14.0. The van der Waals surface area contributed by atoms with Gasteiger partial charge in [0.2, 0.25) is 0 Å². The number of hydrogen-bond acceptors (Lipinski definition) is 5. The largest absolute Gasteiger partial charge is 0.388 e. The van der Waals surface area contributed by atoms with Gasteiger partial charge in [-0.1, -0.05) is 23.7 Å². The fourth-order valence-electron chi connectivity index (χ4n) is 4.83. The number of benzene rings is 2. The van der Waals surface area contributed by atoms with E-state index in [0.717, 1.165) is 56.2 Å². The Balaban J connectivity index is 0.00000198. The van der Waals surface area contributed by atoms with E-state index in [1.54, 1.807) is 25.3 Å². The number of hydrogen-bond donors (Lipinski definition) is 4. The van der Waals surface area contributed by atoms with Crippen molar-refractivity contribution in [2.75, 3.05) is 13.1 Å². The summed E-state index contributed by atoms with van der Waals surface area (Å²) >= 11 is 6.26. The number of nitrogens with one attached hydrogen (secondary N) is 2. The first-order valence-corrected chi connectivity index (χ1v) is 14.5. The molecular formula is C32H39ClFN7O. The molecule has 0 radical (unpaired) electrons. The molecule has 8 nitrogen and oxygen atoms in total. The molecule has 6 N–H and O–H groups in total. The molecule has 2 aromatic heterocycles. The third-order valence-electron chi connectivity index (χ3n) is 7.34. The van der Waals surface area contributed by atoms with Crippen LogP contribution in [0.15, 0.2) is 71.6 Å². The van der Waals surface area contributed by atoms with Crippen LogP contribution < -0.4 is 22.5 Å². The van der Waals surface area contributed by atoms with Crippen LogP contribution in [-0.4, -0.2) is 39.0 Å². The second kappa shape index (κ2) is 13.9. The zero-order valence-electron chi connectivity index (χ0n) is 24.1. The van der Waals surface area contributed by atoms with Crippen LogP contribution in [-0.2, 0) is 13.0 Å². The number of halogens is 2. The molecule has 0 unspecified atom stereocenters. The fourth-order valence-corrected chi connectivity index (χ4v) is 5.07. The molecule has 5 rings (SSSR count). The molecule has 2 heterocycles. The Bertz CT molecular complexity index is 1600. The molecule has 0 atom stereocenters. The van der Waals surface area contributed by atoms with Crippen molar-refractivity contribution < 1.29 is 4.39 Å². The van der Waals surface area contributed by atoms with Gasteiger partial charge < -0.3 is 21.8 Å². The number of amidine groups is 1. The zero-order chi connectivity index (χ0) is 30.3. The SMILES string of the molecule is C=C.CC(N)=NCCCNCc1ccc(-n2cc3cc(-c4cc(CCCC5(N)CC5)cc(Cl)c4F)[nH]c3nc2=O)cc1. The Morgan fingerprint density at radius 3 is 2.62 bits per heavy atom. The van der Waals surface area contributed by atoms with Gasteiger partial charge in [-0.25, -0.2) is 9.18 Å². The number of aromatic amines is 1.